The van der Waals surface area contributed by atoms with Gasteiger partial charge in [-0.05, 0) is 103 Å². The molecule has 20 radical (unpaired) electrons. The van der Waals surface area contributed by atoms with Crippen molar-refractivity contribution in [1.82, 2.24) is 20.4 Å². The lowest BCUT2D eigenvalue weighted by Gasteiger charge is -2.32. The lowest BCUT2D eigenvalue weighted by Crippen LogP contribution is -2.50. The Bertz CT molecular complexity index is 1160. The SMILES string of the molecule is [CH]1[CH][CH][C](c2n[n+](CCC[n+]3nc([C]4[CH][CH][CH][CH]4)c(N4CCOCC4)c([C]4[CH][CH][CH][CH]4)n3)nc([C]3[CH][CH][CH][CH]3)c2N2CCOCC2)[CH]1. The molecule has 8 rings (SSSR count). The summed E-state index contributed by atoms with van der Waals surface area (Å²) < 4.78 is 11.4. The summed E-state index contributed by atoms with van der Waals surface area (Å²) in [7, 11) is 0. The molecular formula is C37H38N8O2+2. The van der Waals surface area contributed by atoms with Gasteiger partial charge < -0.3 is 19.3 Å². The van der Waals surface area contributed by atoms with Gasteiger partial charge in [-0.15, -0.1) is 0 Å². The van der Waals surface area contributed by atoms with Gasteiger partial charge in [0.15, 0.2) is 0 Å². The molecule has 2 saturated heterocycles. The highest BCUT2D eigenvalue weighted by Crippen LogP contribution is 2.42. The second kappa shape index (κ2) is 15.0. The van der Waals surface area contributed by atoms with E-state index in [1.54, 1.807) is 0 Å². The van der Waals surface area contributed by atoms with E-state index in [0.717, 1.165) is 90.4 Å². The first-order valence-electron chi connectivity index (χ1n) is 16.5. The summed E-state index contributed by atoms with van der Waals surface area (Å²) in [5.74, 6) is 4.35. The van der Waals surface area contributed by atoms with Gasteiger partial charge in [0.2, 0.25) is 13.1 Å². The van der Waals surface area contributed by atoms with E-state index in [9.17, 15) is 0 Å². The minimum Gasteiger partial charge on any atom is -0.378 e. The standard InChI is InChI=1S/C37H38N8O2/c1-2-11-28(10-1)32-36(42-20-24-46-25-21-42)33(29-12-3-4-13-29)39-44(38-32)18-9-19-45-40-34(30-14-5-6-15-30)37(43-22-26-47-27-23-43)35(41-45)31-16-7-8-17-31/h1-8,10-17H,9,18-27H2/q+2. The van der Waals surface area contributed by atoms with Gasteiger partial charge in [0.05, 0.1) is 44.2 Å². The third-order valence-corrected chi connectivity index (χ3v) is 8.87. The van der Waals surface area contributed by atoms with Gasteiger partial charge in [0.25, 0.3) is 0 Å². The molecule has 10 heteroatoms. The van der Waals surface area contributed by atoms with Gasteiger partial charge in [-0.3, -0.25) is 0 Å². The number of hydrogen-bond donors (Lipinski definition) is 0. The van der Waals surface area contributed by atoms with Crippen molar-refractivity contribution in [3.8, 4) is 0 Å². The molecule has 0 amide bonds. The van der Waals surface area contributed by atoms with Crippen LogP contribution in [0.3, 0.4) is 0 Å². The summed E-state index contributed by atoms with van der Waals surface area (Å²) in [6, 6.07) is 0. The van der Waals surface area contributed by atoms with E-state index in [2.05, 4.69) is 113 Å². The Kier molecular flexibility index (Phi) is 10.1. The predicted molar refractivity (Wildman–Crippen MR) is 173 cm³/mol. The summed E-state index contributed by atoms with van der Waals surface area (Å²) in [5.41, 5.74) is 5.91. The van der Waals surface area contributed by atoms with Crippen LogP contribution in [0.4, 0.5) is 11.4 Å². The lowest BCUT2D eigenvalue weighted by atomic mass is 9.95. The number of nitrogens with zero attached hydrogens (tertiary/aromatic N) is 8. The zero-order valence-electron chi connectivity index (χ0n) is 26.4. The van der Waals surface area contributed by atoms with Gasteiger partial charge in [-0.2, -0.15) is 0 Å². The maximum atomic E-state index is 5.70. The van der Waals surface area contributed by atoms with Crippen molar-refractivity contribution < 1.29 is 19.1 Å². The number of anilines is 2. The maximum absolute atomic E-state index is 5.70. The van der Waals surface area contributed by atoms with Crippen molar-refractivity contribution in [2.75, 3.05) is 62.4 Å². The molecule has 4 saturated carbocycles. The molecule has 2 aliphatic heterocycles. The number of ether oxygens (including phenoxy) is 2. The number of rotatable bonds is 10. The van der Waals surface area contributed by atoms with Crippen LogP contribution in [0.1, 0.15) is 29.2 Å². The minimum atomic E-state index is 0.615. The first kappa shape index (κ1) is 31.8. The van der Waals surface area contributed by atoms with Crippen LogP contribution in [0, 0.1) is 126 Å². The second-order valence-electron chi connectivity index (χ2n) is 11.9. The van der Waals surface area contributed by atoms with Crippen molar-refractivity contribution in [3.05, 3.63) is 149 Å². The summed E-state index contributed by atoms with van der Waals surface area (Å²) in [5, 5.41) is 20.6. The Labute approximate surface area is 281 Å². The normalized spacial score (nSPS) is 23.9. The van der Waals surface area contributed by atoms with E-state index in [0.29, 0.717) is 39.5 Å². The molecule has 47 heavy (non-hydrogen) atoms. The third-order valence-electron chi connectivity index (χ3n) is 8.87. The van der Waals surface area contributed by atoms with Crippen molar-refractivity contribution >= 4 is 11.4 Å². The van der Waals surface area contributed by atoms with Crippen molar-refractivity contribution in [2.24, 2.45) is 0 Å². The summed E-state index contributed by atoms with van der Waals surface area (Å²) in [6.07, 6.45) is 34.3. The molecule has 0 bridgehead atoms. The zero-order valence-corrected chi connectivity index (χ0v) is 26.4. The Hall–Kier alpha value is -2.46. The van der Waals surface area contributed by atoms with E-state index in [1.165, 1.54) is 0 Å². The monoisotopic (exact) mass is 626 g/mol. The predicted octanol–water partition coefficient (Wildman–Crippen LogP) is 1.62. The molecule has 0 spiro atoms. The quantitative estimate of drug-likeness (QED) is 0.368. The molecule has 10 nitrogen and oxygen atoms in total. The van der Waals surface area contributed by atoms with Gasteiger partial charge >= 0.3 is 0 Å². The van der Waals surface area contributed by atoms with Crippen LogP contribution in [-0.4, -0.2) is 73.0 Å². The van der Waals surface area contributed by atoms with Crippen LogP contribution >= 0.6 is 0 Å². The molecule has 4 heterocycles. The van der Waals surface area contributed by atoms with Crippen molar-refractivity contribution in [2.45, 2.75) is 19.5 Å². The summed E-state index contributed by atoms with van der Waals surface area (Å²) in [4.78, 5) is 8.45. The highest BCUT2D eigenvalue weighted by Gasteiger charge is 2.39. The average molecular weight is 627 g/mol. The Morgan fingerprint density at radius 3 is 1.00 bits per heavy atom. The molecule has 2 aromatic rings. The molecule has 2 aromatic heterocycles. The van der Waals surface area contributed by atoms with E-state index in [1.807, 2.05) is 9.59 Å². The fourth-order valence-electron chi connectivity index (χ4n) is 6.55. The highest BCUT2D eigenvalue weighted by molar-refractivity contribution is 5.70. The minimum absolute atomic E-state index is 0.615. The zero-order chi connectivity index (χ0) is 31.4. The summed E-state index contributed by atoms with van der Waals surface area (Å²) >= 11 is 0. The number of aromatic nitrogens is 6. The van der Waals surface area contributed by atoms with Crippen LogP contribution in [-0.2, 0) is 22.6 Å². The third kappa shape index (κ3) is 7.01. The van der Waals surface area contributed by atoms with Crippen LogP contribution in [0.5, 0.6) is 0 Å². The Balaban J connectivity index is 1.09. The van der Waals surface area contributed by atoms with Crippen molar-refractivity contribution in [1.29, 1.82) is 0 Å². The highest BCUT2D eigenvalue weighted by atomic mass is 16.5. The van der Waals surface area contributed by atoms with Crippen LogP contribution < -0.4 is 19.4 Å². The molecule has 0 atom stereocenters. The number of aryl methyl sites for hydroxylation is 2. The molecule has 0 N–H and O–H groups in total. The van der Waals surface area contributed by atoms with E-state index < -0.39 is 0 Å². The Morgan fingerprint density at radius 1 is 0.447 bits per heavy atom. The smallest absolute Gasteiger partial charge is 0.209 e. The Morgan fingerprint density at radius 2 is 0.723 bits per heavy atom. The van der Waals surface area contributed by atoms with Gasteiger partial charge in [-0.25, -0.2) is 0 Å². The molecule has 236 valence electrons. The average Bonchev–Trinajstić information content (AvgIpc) is 3.97. The second-order valence-corrected chi connectivity index (χ2v) is 11.9. The topological polar surface area (TPSA) is 84.3 Å². The number of hydrogen-bond acceptors (Lipinski definition) is 8. The molecule has 4 aliphatic carbocycles. The van der Waals surface area contributed by atoms with E-state index >= 15 is 0 Å². The van der Waals surface area contributed by atoms with E-state index in [4.69, 9.17) is 29.9 Å². The van der Waals surface area contributed by atoms with Crippen LogP contribution in [0.2, 0.25) is 0 Å². The molecule has 6 fully saturated rings. The van der Waals surface area contributed by atoms with Crippen LogP contribution in [0.25, 0.3) is 0 Å². The largest absolute Gasteiger partial charge is 0.378 e. The fourth-order valence-corrected chi connectivity index (χ4v) is 6.55. The maximum Gasteiger partial charge on any atom is 0.209 e. The van der Waals surface area contributed by atoms with Gasteiger partial charge in [-0.1, -0.05) is 0 Å². The van der Waals surface area contributed by atoms with Gasteiger partial charge in [0, 0.05) is 79.8 Å². The molecular weight excluding hydrogens is 588 g/mol. The first-order chi connectivity index (χ1) is 23.3. The summed E-state index contributed by atoms with van der Waals surface area (Å²) in [6.45, 7) is 7.22. The lowest BCUT2D eigenvalue weighted by molar-refractivity contribution is -0.833. The van der Waals surface area contributed by atoms with E-state index in [-0.39, 0.29) is 0 Å². The molecule has 0 aromatic carbocycles. The molecule has 6 aliphatic rings. The van der Waals surface area contributed by atoms with Crippen LogP contribution in [0.15, 0.2) is 0 Å². The number of morpholine rings is 2. The van der Waals surface area contributed by atoms with Gasteiger partial charge in [0.1, 0.15) is 22.8 Å². The fraction of sp³-hybridized carbons (Fsp3) is 0.297. The molecule has 0 unspecified atom stereocenters. The first-order valence-corrected chi connectivity index (χ1v) is 16.5. The van der Waals surface area contributed by atoms with Crippen molar-refractivity contribution in [3.63, 3.8) is 0 Å².